The number of nitrogens with zero attached hydrogens (tertiary/aromatic N) is 5. The van der Waals surface area contributed by atoms with Crippen LogP contribution in [0.4, 0.5) is 10.5 Å². The highest BCUT2D eigenvalue weighted by Gasteiger charge is 2.53. The monoisotopic (exact) mass is 438 g/mol. The number of hydrogen-bond donors (Lipinski definition) is 1. The third-order valence-electron chi connectivity index (χ3n) is 6.81. The lowest BCUT2D eigenvalue weighted by atomic mass is 9.74. The van der Waals surface area contributed by atoms with Crippen LogP contribution in [0.15, 0.2) is 36.7 Å². The average molecular weight is 439 g/mol. The molecule has 2 aliphatic rings. The molecule has 3 heterocycles. The Bertz CT molecular complexity index is 986. The predicted molar refractivity (Wildman–Crippen MR) is 124 cm³/mol. The normalized spacial score (nSPS) is 23.5. The van der Waals surface area contributed by atoms with E-state index < -0.39 is 5.41 Å². The maximum atomic E-state index is 13.4. The standard InChI is InChI=1S/C24H34N6O2/c1-18-7-5-8-21(11-18)26-23(32)30-10-6-9-24(22(31)27(2)3)17-29(15-20(24)16-30)14-19-12-25-28(4)13-19/h5,7-8,11-13,20H,6,9-10,14-17H2,1-4H3,(H,26,32)/t20-,24-/m0/s1. The van der Waals surface area contributed by atoms with Gasteiger partial charge in [0.15, 0.2) is 0 Å². The number of carbonyl (C=O) groups is 2. The first kappa shape index (κ1) is 22.3. The number of likely N-dealkylation sites (tertiary alicyclic amines) is 2. The molecule has 1 N–H and O–H groups in total. The molecule has 0 unspecified atom stereocenters. The second-order valence-electron chi connectivity index (χ2n) is 9.59. The summed E-state index contributed by atoms with van der Waals surface area (Å²) in [5, 5.41) is 7.33. The Balaban J connectivity index is 1.53. The molecule has 2 atom stereocenters. The van der Waals surface area contributed by atoms with Crippen LogP contribution in [0.3, 0.4) is 0 Å². The summed E-state index contributed by atoms with van der Waals surface area (Å²) in [4.78, 5) is 32.5. The molecular formula is C24H34N6O2. The molecule has 0 radical (unpaired) electrons. The molecule has 2 saturated heterocycles. The molecule has 1 aromatic heterocycles. The van der Waals surface area contributed by atoms with E-state index in [1.807, 2.05) is 74.3 Å². The molecule has 8 heteroatoms. The van der Waals surface area contributed by atoms with Gasteiger partial charge < -0.3 is 15.1 Å². The molecule has 1 aromatic carbocycles. The van der Waals surface area contributed by atoms with E-state index in [9.17, 15) is 9.59 Å². The number of fused-ring (bicyclic) bond motifs is 1. The summed E-state index contributed by atoms with van der Waals surface area (Å²) in [5.74, 6) is 0.275. The van der Waals surface area contributed by atoms with E-state index in [0.717, 1.165) is 49.3 Å². The van der Waals surface area contributed by atoms with Crippen molar-refractivity contribution in [1.82, 2.24) is 24.5 Å². The SMILES string of the molecule is Cc1cccc(NC(=O)N2CCC[C@]3(C(=O)N(C)C)CN(Cc4cnn(C)c4)C[C@H]3C2)c1. The summed E-state index contributed by atoms with van der Waals surface area (Å²) < 4.78 is 1.81. The van der Waals surface area contributed by atoms with Gasteiger partial charge in [0, 0.05) is 77.2 Å². The van der Waals surface area contributed by atoms with Gasteiger partial charge in [-0.1, -0.05) is 12.1 Å². The number of hydrogen-bond acceptors (Lipinski definition) is 4. The molecule has 0 saturated carbocycles. The van der Waals surface area contributed by atoms with Crippen molar-refractivity contribution < 1.29 is 9.59 Å². The Morgan fingerprint density at radius 1 is 1.28 bits per heavy atom. The number of carbonyl (C=O) groups excluding carboxylic acids is 2. The fraction of sp³-hybridized carbons (Fsp3) is 0.542. The summed E-state index contributed by atoms with van der Waals surface area (Å²) in [7, 11) is 5.59. The Hall–Kier alpha value is -2.87. The summed E-state index contributed by atoms with van der Waals surface area (Å²) >= 11 is 0. The number of amides is 3. The molecule has 2 aliphatic heterocycles. The van der Waals surface area contributed by atoms with Crippen molar-refractivity contribution in [3.63, 3.8) is 0 Å². The van der Waals surface area contributed by atoms with E-state index in [0.29, 0.717) is 13.1 Å². The van der Waals surface area contributed by atoms with Gasteiger partial charge >= 0.3 is 6.03 Å². The molecule has 4 rings (SSSR count). The van der Waals surface area contributed by atoms with Crippen molar-refractivity contribution in [2.24, 2.45) is 18.4 Å². The van der Waals surface area contributed by atoms with E-state index in [2.05, 4.69) is 15.3 Å². The van der Waals surface area contributed by atoms with Crippen LogP contribution in [0.25, 0.3) is 0 Å². The topological polar surface area (TPSA) is 73.7 Å². The molecule has 2 fully saturated rings. The summed E-state index contributed by atoms with van der Waals surface area (Å²) in [5.41, 5.74) is 2.60. The Kier molecular flexibility index (Phi) is 6.24. The van der Waals surface area contributed by atoms with Crippen LogP contribution in [-0.2, 0) is 18.4 Å². The van der Waals surface area contributed by atoms with Crippen LogP contribution in [0.2, 0.25) is 0 Å². The van der Waals surface area contributed by atoms with Crippen LogP contribution < -0.4 is 5.32 Å². The number of aryl methyl sites for hydroxylation is 2. The molecular weight excluding hydrogens is 404 g/mol. The number of rotatable bonds is 4. The third-order valence-corrected chi connectivity index (χ3v) is 6.81. The van der Waals surface area contributed by atoms with Gasteiger partial charge in [-0.2, -0.15) is 5.10 Å². The number of aromatic nitrogens is 2. The smallest absolute Gasteiger partial charge is 0.321 e. The van der Waals surface area contributed by atoms with Gasteiger partial charge in [0.2, 0.25) is 5.91 Å². The van der Waals surface area contributed by atoms with Crippen molar-refractivity contribution in [2.75, 3.05) is 45.6 Å². The zero-order valence-electron chi connectivity index (χ0n) is 19.5. The lowest BCUT2D eigenvalue weighted by molar-refractivity contribution is -0.141. The summed E-state index contributed by atoms with van der Waals surface area (Å²) in [6, 6.07) is 7.75. The van der Waals surface area contributed by atoms with Crippen molar-refractivity contribution >= 4 is 17.6 Å². The first-order valence-electron chi connectivity index (χ1n) is 11.3. The number of anilines is 1. The first-order chi connectivity index (χ1) is 15.3. The van der Waals surface area contributed by atoms with E-state index in [1.54, 1.807) is 4.90 Å². The minimum Gasteiger partial charge on any atom is -0.348 e. The number of urea groups is 1. The fourth-order valence-corrected chi connectivity index (χ4v) is 5.37. The van der Waals surface area contributed by atoms with Crippen LogP contribution >= 0.6 is 0 Å². The van der Waals surface area contributed by atoms with Crippen molar-refractivity contribution in [2.45, 2.75) is 26.3 Å². The molecule has 3 amide bonds. The van der Waals surface area contributed by atoms with Crippen molar-refractivity contribution in [3.05, 3.63) is 47.8 Å². The minimum atomic E-state index is -0.454. The predicted octanol–water partition coefficient (Wildman–Crippen LogP) is 2.56. The second-order valence-corrected chi connectivity index (χ2v) is 9.59. The van der Waals surface area contributed by atoms with E-state index >= 15 is 0 Å². The molecule has 0 aliphatic carbocycles. The molecule has 8 nitrogen and oxygen atoms in total. The number of nitrogens with one attached hydrogen (secondary N) is 1. The van der Waals surface area contributed by atoms with E-state index in [1.165, 1.54) is 0 Å². The maximum absolute atomic E-state index is 13.4. The number of benzene rings is 1. The van der Waals surface area contributed by atoms with Crippen LogP contribution in [-0.4, -0.2) is 76.7 Å². The van der Waals surface area contributed by atoms with Gasteiger partial charge in [0.05, 0.1) is 11.6 Å². The average Bonchev–Trinajstić information content (AvgIpc) is 3.24. The molecule has 172 valence electrons. The largest absolute Gasteiger partial charge is 0.348 e. The van der Waals surface area contributed by atoms with Crippen LogP contribution in [0, 0.1) is 18.3 Å². The molecule has 0 spiro atoms. The quantitative estimate of drug-likeness (QED) is 0.796. The lowest BCUT2D eigenvalue weighted by Gasteiger charge is -2.35. The Labute approximate surface area is 190 Å². The molecule has 32 heavy (non-hydrogen) atoms. The molecule has 0 bridgehead atoms. The lowest BCUT2D eigenvalue weighted by Crippen LogP contribution is -2.48. The van der Waals surface area contributed by atoms with E-state index in [-0.39, 0.29) is 17.9 Å². The molecule has 2 aromatic rings. The summed E-state index contributed by atoms with van der Waals surface area (Å²) in [6.45, 7) is 5.54. The second kappa shape index (κ2) is 8.94. The zero-order chi connectivity index (χ0) is 22.9. The first-order valence-corrected chi connectivity index (χ1v) is 11.3. The van der Waals surface area contributed by atoms with Gasteiger partial charge in [-0.25, -0.2) is 4.79 Å². The highest BCUT2D eigenvalue weighted by molar-refractivity contribution is 5.90. The minimum absolute atomic E-state index is 0.0885. The zero-order valence-corrected chi connectivity index (χ0v) is 19.5. The maximum Gasteiger partial charge on any atom is 0.321 e. The van der Waals surface area contributed by atoms with Gasteiger partial charge in [0.1, 0.15) is 0 Å². The highest BCUT2D eigenvalue weighted by atomic mass is 16.2. The van der Waals surface area contributed by atoms with Crippen LogP contribution in [0.5, 0.6) is 0 Å². The van der Waals surface area contributed by atoms with Gasteiger partial charge in [-0.3, -0.25) is 14.4 Å². The van der Waals surface area contributed by atoms with Crippen molar-refractivity contribution in [1.29, 1.82) is 0 Å². The summed E-state index contributed by atoms with van der Waals surface area (Å²) in [6.07, 6.45) is 5.52. The van der Waals surface area contributed by atoms with Gasteiger partial charge in [-0.15, -0.1) is 0 Å². The van der Waals surface area contributed by atoms with Gasteiger partial charge in [0.25, 0.3) is 0 Å². The Morgan fingerprint density at radius 2 is 2.09 bits per heavy atom. The van der Waals surface area contributed by atoms with Crippen molar-refractivity contribution in [3.8, 4) is 0 Å². The van der Waals surface area contributed by atoms with Crippen LogP contribution in [0.1, 0.15) is 24.0 Å². The highest BCUT2D eigenvalue weighted by Crippen LogP contribution is 2.44. The fourth-order valence-electron chi connectivity index (χ4n) is 5.37. The van der Waals surface area contributed by atoms with Gasteiger partial charge in [-0.05, 0) is 37.5 Å². The van der Waals surface area contributed by atoms with E-state index in [4.69, 9.17) is 0 Å². The third kappa shape index (κ3) is 4.50. The Morgan fingerprint density at radius 3 is 2.78 bits per heavy atom.